The van der Waals surface area contributed by atoms with Gasteiger partial charge in [0.25, 0.3) is 11.1 Å². The molecule has 1 N–H and O–H groups in total. The van der Waals surface area contributed by atoms with Crippen LogP contribution in [0, 0.1) is 11.3 Å². The molecule has 1 heterocycles. The van der Waals surface area contributed by atoms with E-state index in [1.54, 1.807) is 24.3 Å². The number of nitrogens with zero attached hydrogens (tertiary/aromatic N) is 2. The van der Waals surface area contributed by atoms with Gasteiger partial charge in [-0.1, -0.05) is 18.2 Å². The molecule has 17 heavy (non-hydrogen) atoms. The maximum absolute atomic E-state index is 11.5. The number of hydrogen-bond acceptors (Lipinski definition) is 3. The summed E-state index contributed by atoms with van der Waals surface area (Å²) >= 11 is 0. The predicted molar refractivity (Wildman–Crippen MR) is 61.6 cm³/mol. The molecule has 0 aliphatic rings. The molecule has 0 aliphatic heterocycles. The molecule has 0 unspecified atom stereocenters. The van der Waals surface area contributed by atoms with Gasteiger partial charge in [-0.15, -0.1) is 0 Å². The van der Waals surface area contributed by atoms with Crippen LogP contribution in [0.4, 0.5) is 0 Å². The van der Waals surface area contributed by atoms with Crippen LogP contribution in [0.2, 0.25) is 0 Å². The Hall–Kier alpha value is -2.61. The predicted octanol–water partition coefficient (Wildman–Crippen LogP) is 0.457. The average Bonchev–Trinajstić information content (AvgIpc) is 2.34. The molecule has 0 atom stereocenters. The number of aromatic nitrogens is 2. The Bertz CT molecular complexity index is 692. The fourth-order valence-corrected chi connectivity index (χ4v) is 1.52. The van der Waals surface area contributed by atoms with E-state index < -0.39 is 0 Å². The number of nitriles is 1. The first kappa shape index (κ1) is 10.9. The molecule has 0 aliphatic carbocycles. The van der Waals surface area contributed by atoms with Gasteiger partial charge in [0.05, 0.1) is 18.2 Å². The molecule has 2 rings (SSSR count). The Labute approximate surface area is 96.6 Å². The summed E-state index contributed by atoms with van der Waals surface area (Å²) in [6.07, 6.45) is 0. The second-order valence-corrected chi connectivity index (χ2v) is 3.50. The SMILES string of the molecule is N#Cc1ccccc1Cn1[nH]c(=O)ccc1=O. The van der Waals surface area contributed by atoms with Crippen LogP contribution in [0.1, 0.15) is 11.1 Å². The van der Waals surface area contributed by atoms with E-state index in [1.807, 2.05) is 6.07 Å². The van der Waals surface area contributed by atoms with Gasteiger partial charge in [0.2, 0.25) is 0 Å². The van der Waals surface area contributed by atoms with Crippen LogP contribution >= 0.6 is 0 Å². The molecule has 5 nitrogen and oxygen atoms in total. The molecule has 0 radical (unpaired) electrons. The minimum atomic E-state index is -0.348. The molecule has 0 saturated carbocycles. The van der Waals surface area contributed by atoms with Gasteiger partial charge in [-0.05, 0) is 11.6 Å². The van der Waals surface area contributed by atoms with E-state index in [4.69, 9.17) is 5.26 Å². The van der Waals surface area contributed by atoms with E-state index >= 15 is 0 Å². The van der Waals surface area contributed by atoms with Crippen LogP contribution in [0.15, 0.2) is 46.0 Å². The van der Waals surface area contributed by atoms with Gasteiger partial charge in [0, 0.05) is 12.1 Å². The summed E-state index contributed by atoms with van der Waals surface area (Å²) in [7, 11) is 0. The summed E-state index contributed by atoms with van der Waals surface area (Å²) in [6, 6.07) is 11.4. The highest BCUT2D eigenvalue weighted by Crippen LogP contribution is 2.07. The van der Waals surface area contributed by atoms with E-state index in [9.17, 15) is 9.59 Å². The summed E-state index contributed by atoms with van der Waals surface area (Å²) in [6.45, 7) is 0.179. The maximum atomic E-state index is 11.5. The third-order valence-electron chi connectivity index (χ3n) is 2.35. The minimum Gasteiger partial charge on any atom is -0.268 e. The summed E-state index contributed by atoms with van der Waals surface area (Å²) in [5.41, 5.74) is 0.527. The van der Waals surface area contributed by atoms with Gasteiger partial charge in [0.15, 0.2) is 0 Å². The van der Waals surface area contributed by atoms with Crippen molar-refractivity contribution in [1.29, 1.82) is 5.26 Å². The lowest BCUT2D eigenvalue weighted by Crippen LogP contribution is -2.28. The molecule has 84 valence electrons. The monoisotopic (exact) mass is 227 g/mol. The van der Waals surface area contributed by atoms with Gasteiger partial charge in [-0.25, -0.2) is 4.68 Å². The van der Waals surface area contributed by atoms with E-state index in [-0.39, 0.29) is 17.7 Å². The van der Waals surface area contributed by atoms with E-state index in [0.717, 1.165) is 0 Å². The number of aromatic amines is 1. The quantitative estimate of drug-likeness (QED) is 0.809. The second kappa shape index (κ2) is 4.49. The molecular formula is C12H9N3O2. The Morgan fingerprint density at radius 3 is 2.71 bits per heavy atom. The summed E-state index contributed by atoms with van der Waals surface area (Å²) < 4.78 is 1.18. The molecule has 1 aromatic carbocycles. The number of benzene rings is 1. The fourth-order valence-electron chi connectivity index (χ4n) is 1.52. The van der Waals surface area contributed by atoms with Crippen LogP contribution in [0.25, 0.3) is 0 Å². The molecule has 0 saturated heterocycles. The Morgan fingerprint density at radius 1 is 1.18 bits per heavy atom. The molecular weight excluding hydrogens is 218 g/mol. The highest BCUT2D eigenvalue weighted by Gasteiger charge is 2.03. The van der Waals surface area contributed by atoms with Crippen LogP contribution in [-0.4, -0.2) is 9.78 Å². The second-order valence-electron chi connectivity index (χ2n) is 3.50. The maximum Gasteiger partial charge on any atom is 0.265 e. The topological polar surface area (TPSA) is 78.7 Å². The van der Waals surface area contributed by atoms with Crippen LogP contribution < -0.4 is 11.1 Å². The van der Waals surface area contributed by atoms with E-state index in [1.165, 1.54) is 16.8 Å². The van der Waals surface area contributed by atoms with Gasteiger partial charge < -0.3 is 0 Å². The lowest BCUT2D eigenvalue weighted by Gasteiger charge is -2.06. The van der Waals surface area contributed by atoms with Crippen molar-refractivity contribution in [3.05, 3.63) is 68.2 Å². The number of rotatable bonds is 2. The van der Waals surface area contributed by atoms with Crippen molar-refractivity contribution in [2.24, 2.45) is 0 Å². The van der Waals surface area contributed by atoms with Crippen molar-refractivity contribution in [3.8, 4) is 6.07 Å². The molecule has 0 amide bonds. The first-order valence-electron chi connectivity index (χ1n) is 4.99. The normalized spacial score (nSPS) is 9.82. The van der Waals surface area contributed by atoms with Crippen LogP contribution in [-0.2, 0) is 6.54 Å². The summed E-state index contributed by atoms with van der Waals surface area (Å²) in [5, 5.41) is 11.3. The number of H-pyrrole nitrogens is 1. The molecule has 1 aromatic heterocycles. The number of nitrogens with one attached hydrogen (secondary N) is 1. The third-order valence-corrected chi connectivity index (χ3v) is 2.35. The van der Waals surface area contributed by atoms with E-state index in [2.05, 4.69) is 5.10 Å². The fraction of sp³-hybridized carbons (Fsp3) is 0.0833. The summed E-state index contributed by atoms with van der Waals surface area (Å²) in [5.74, 6) is 0. The van der Waals surface area contributed by atoms with Crippen molar-refractivity contribution in [2.45, 2.75) is 6.54 Å². The lowest BCUT2D eigenvalue weighted by atomic mass is 10.1. The largest absolute Gasteiger partial charge is 0.268 e. The zero-order valence-corrected chi connectivity index (χ0v) is 8.88. The van der Waals surface area contributed by atoms with Crippen molar-refractivity contribution in [2.75, 3.05) is 0 Å². The lowest BCUT2D eigenvalue weighted by molar-refractivity contribution is 0.626. The van der Waals surface area contributed by atoms with Gasteiger partial charge in [-0.3, -0.25) is 14.7 Å². The Kier molecular flexibility index (Phi) is 2.88. The molecule has 5 heteroatoms. The van der Waals surface area contributed by atoms with Crippen LogP contribution in [0.5, 0.6) is 0 Å². The molecule has 0 spiro atoms. The first-order valence-corrected chi connectivity index (χ1v) is 4.99. The van der Waals surface area contributed by atoms with Crippen molar-refractivity contribution in [3.63, 3.8) is 0 Å². The number of hydrogen-bond donors (Lipinski definition) is 1. The highest BCUT2D eigenvalue weighted by atomic mass is 16.1. The van der Waals surface area contributed by atoms with Gasteiger partial charge in [-0.2, -0.15) is 5.26 Å². The average molecular weight is 227 g/mol. The Balaban J connectivity index is 2.45. The third kappa shape index (κ3) is 2.32. The standard InChI is InChI=1S/C12H9N3O2/c13-7-9-3-1-2-4-10(9)8-15-12(17)6-5-11(16)14-15/h1-6H,8H2,(H,14,16). The highest BCUT2D eigenvalue weighted by molar-refractivity contribution is 5.37. The molecule has 0 fully saturated rings. The van der Waals surface area contributed by atoms with Gasteiger partial charge in [0.1, 0.15) is 0 Å². The zero-order valence-electron chi connectivity index (χ0n) is 8.88. The zero-order chi connectivity index (χ0) is 12.3. The molecule has 2 aromatic rings. The smallest absolute Gasteiger partial charge is 0.265 e. The molecule has 0 bridgehead atoms. The van der Waals surface area contributed by atoms with Crippen molar-refractivity contribution < 1.29 is 0 Å². The van der Waals surface area contributed by atoms with Crippen LogP contribution in [0.3, 0.4) is 0 Å². The van der Waals surface area contributed by atoms with Crippen molar-refractivity contribution in [1.82, 2.24) is 9.78 Å². The first-order chi connectivity index (χ1) is 8.20. The minimum absolute atomic E-state index is 0.179. The summed E-state index contributed by atoms with van der Waals surface area (Å²) in [4.78, 5) is 22.6. The van der Waals surface area contributed by atoms with E-state index in [0.29, 0.717) is 11.1 Å². The van der Waals surface area contributed by atoms with Crippen molar-refractivity contribution >= 4 is 0 Å². The van der Waals surface area contributed by atoms with Gasteiger partial charge >= 0.3 is 0 Å². The Morgan fingerprint density at radius 2 is 1.94 bits per heavy atom.